The number of hydrogen-bond acceptors (Lipinski definition) is 3. The monoisotopic (exact) mass is 287 g/mol. The fourth-order valence-corrected chi connectivity index (χ4v) is 2.59. The Labute approximate surface area is 95.4 Å². The molecule has 1 radical (unpaired) electrons. The van der Waals surface area contributed by atoms with E-state index in [4.69, 9.17) is 0 Å². The van der Waals surface area contributed by atoms with Crippen molar-refractivity contribution in [3.63, 3.8) is 0 Å². The average molecular weight is 286 g/mol. The van der Waals surface area contributed by atoms with E-state index in [9.17, 15) is 8.42 Å². The Hall–Kier alpha value is -1.10. The molecule has 15 heavy (non-hydrogen) atoms. The van der Waals surface area contributed by atoms with Gasteiger partial charge in [0.15, 0.2) is 0 Å². The van der Waals surface area contributed by atoms with Crippen molar-refractivity contribution in [2.24, 2.45) is 0 Å². The van der Waals surface area contributed by atoms with Gasteiger partial charge in [0.05, 0.1) is 0 Å². The number of hydrogen-bond donors (Lipinski definition) is 1. The van der Waals surface area contributed by atoms with Gasteiger partial charge >= 0.3 is 95.4 Å². The van der Waals surface area contributed by atoms with E-state index < -0.39 is 9.84 Å². The van der Waals surface area contributed by atoms with Gasteiger partial charge < -0.3 is 0 Å². The average Bonchev–Trinajstić information content (AvgIpc) is 2.71. The van der Waals surface area contributed by atoms with E-state index >= 15 is 0 Å². The summed E-state index contributed by atoms with van der Waals surface area (Å²) in [6, 6.07) is 7.97. The van der Waals surface area contributed by atoms with Crippen molar-refractivity contribution in [2.45, 2.75) is 9.92 Å². The maximum absolute atomic E-state index is 11.9. The molecule has 0 bridgehead atoms. The molecule has 0 aliphatic rings. The Kier molecular flexibility index (Phi) is 2.65. The topological polar surface area (TPSA) is 62.8 Å². The molecule has 0 amide bonds. The molecule has 4 nitrogen and oxygen atoms in total. The molecular formula is C9H7N2O2SSe. The predicted molar refractivity (Wildman–Crippen MR) is 55.9 cm³/mol. The zero-order chi connectivity index (χ0) is 10.9. The first-order chi connectivity index (χ1) is 7.10. The number of nitrogens with one attached hydrogen (secondary N) is 1. The van der Waals surface area contributed by atoms with Crippen LogP contribution in [0.25, 0.3) is 0 Å². The number of H-pyrrole nitrogens is 1. The van der Waals surface area contributed by atoms with Gasteiger partial charge in [-0.15, -0.1) is 0 Å². The van der Waals surface area contributed by atoms with Crippen LogP contribution in [-0.4, -0.2) is 34.6 Å². The van der Waals surface area contributed by atoms with Crippen molar-refractivity contribution in [3.8, 4) is 0 Å². The van der Waals surface area contributed by atoms with Crippen LogP contribution in [0, 0.1) is 0 Å². The van der Waals surface area contributed by atoms with Gasteiger partial charge in [0.1, 0.15) is 0 Å². The van der Waals surface area contributed by atoms with Crippen LogP contribution >= 0.6 is 0 Å². The summed E-state index contributed by atoms with van der Waals surface area (Å²) in [4.78, 5) is 0.255. The van der Waals surface area contributed by atoms with Crippen LogP contribution in [0.3, 0.4) is 0 Å². The van der Waals surface area contributed by atoms with Crippen LogP contribution in [0.4, 0.5) is 0 Å². The van der Waals surface area contributed by atoms with E-state index in [-0.39, 0.29) is 9.92 Å². The second-order valence-corrected chi connectivity index (χ2v) is 5.80. The zero-order valence-corrected chi connectivity index (χ0v) is 10.1. The third-order valence-corrected chi connectivity index (χ3v) is 4.17. The van der Waals surface area contributed by atoms with Gasteiger partial charge in [-0.2, -0.15) is 0 Å². The standard InChI is InChI=1S/C9H7N2O2SSe/c12-14(13,9-5-6-10-11-9)7-1-3-8(15)4-2-7/h1-6H,(H,10,11). The molecule has 0 saturated carbocycles. The van der Waals surface area contributed by atoms with Crippen LogP contribution in [0.5, 0.6) is 0 Å². The van der Waals surface area contributed by atoms with Crippen LogP contribution < -0.4 is 4.46 Å². The van der Waals surface area contributed by atoms with E-state index in [0.717, 1.165) is 4.46 Å². The van der Waals surface area contributed by atoms with Gasteiger partial charge in [-0.3, -0.25) is 0 Å². The molecule has 1 aromatic heterocycles. The fourth-order valence-electron chi connectivity index (χ4n) is 1.14. The van der Waals surface area contributed by atoms with Crippen LogP contribution in [0.1, 0.15) is 0 Å². The Bertz CT molecular complexity index is 546. The third kappa shape index (κ3) is 1.97. The minimum atomic E-state index is -3.44. The third-order valence-electron chi connectivity index (χ3n) is 1.90. The van der Waals surface area contributed by atoms with Gasteiger partial charge in [0, 0.05) is 0 Å². The van der Waals surface area contributed by atoms with E-state index in [1.165, 1.54) is 12.3 Å². The Morgan fingerprint density at radius 3 is 2.33 bits per heavy atom. The Balaban J connectivity index is 2.52. The summed E-state index contributed by atoms with van der Waals surface area (Å²) in [5, 5.41) is 6.17. The molecule has 1 heterocycles. The summed E-state index contributed by atoms with van der Waals surface area (Å²) in [5.41, 5.74) is 0. The number of aromatic amines is 1. The SMILES string of the molecule is O=S(=O)(c1ccc([Se])cc1)c1ccn[nH]1. The van der Waals surface area contributed by atoms with Crippen molar-refractivity contribution in [3.05, 3.63) is 36.5 Å². The number of rotatable bonds is 2. The first-order valence-electron chi connectivity index (χ1n) is 4.12. The number of nitrogens with zero attached hydrogens (tertiary/aromatic N) is 1. The molecule has 0 aliphatic carbocycles. The second-order valence-electron chi connectivity index (χ2n) is 2.90. The molecule has 0 spiro atoms. The van der Waals surface area contributed by atoms with Crippen LogP contribution in [0.2, 0.25) is 0 Å². The van der Waals surface area contributed by atoms with Gasteiger partial charge in [-0.1, -0.05) is 0 Å². The van der Waals surface area contributed by atoms with Crippen molar-refractivity contribution >= 4 is 30.3 Å². The first kappa shape index (κ1) is 10.4. The molecule has 0 unspecified atom stereocenters. The van der Waals surface area contributed by atoms with E-state index in [2.05, 4.69) is 26.2 Å². The van der Waals surface area contributed by atoms with E-state index in [0.29, 0.717) is 0 Å². The molecule has 0 saturated heterocycles. The van der Waals surface area contributed by atoms with Crippen molar-refractivity contribution in [2.75, 3.05) is 0 Å². The number of sulfone groups is 1. The van der Waals surface area contributed by atoms with E-state index in [1.54, 1.807) is 24.3 Å². The maximum atomic E-state index is 11.9. The number of aromatic nitrogens is 2. The van der Waals surface area contributed by atoms with Crippen molar-refractivity contribution < 1.29 is 8.42 Å². The molecule has 2 rings (SSSR count). The molecule has 0 atom stereocenters. The van der Waals surface area contributed by atoms with Gasteiger partial charge in [-0.25, -0.2) is 0 Å². The summed E-state index contributed by atoms with van der Waals surface area (Å²) in [7, 11) is -3.44. The Morgan fingerprint density at radius 1 is 1.13 bits per heavy atom. The molecule has 1 N–H and O–H groups in total. The fraction of sp³-hybridized carbons (Fsp3) is 0. The minimum absolute atomic E-state index is 0.107. The normalized spacial score (nSPS) is 11.5. The molecule has 0 aliphatic heterocycles. The molecule has 6 heteroatoms. The van der Waals surface area contributed by atoms with Crippen LogP contribution in [-0.2, 0) is 9.84 Å². The van der Waals surface area contributed by atoms with Gasteiger partial charge in [0.25, 0.3) is 0 Å². The molecule has 2 aromatic rings. The quantitative estimate of drug-likeness (QED) is 0.793. The summed E-state index contributed by atoms with van der Waals surface area (Å²) in [6.45, 7) is 0. The number of benzene rings is 1. The Morgan fingerprint density at radius 2 is 1.80 bits per heavy atom. The summed E-state index contributed by atoms with van der Waals surface area (Å²) < 4.78 is 24.8. The molecule has 0 fully saturated rings. The second kappa shape index (κ2) is 3.81. The van der Waals surface area contributed by atoms with Gasteiger partial charge in [0.2, 0.25) is 0 Å². The first-order valence-corrected chi connectivity index (χ1v) is 6.46. The zero-order valence-electron chi connectivity index (χ0n) is 7.54. The molecule has 1 aromatic carbocycles. The summed E-state index contributed by atoms with van der Waals surface area (Å²) >= 11 is 2.80. The van der Waals surface area contributed by atoms with Crippen molar-refractivity contribution in [1.82, 2.24) is 10.2 Å². The van der Waals surface area contributed by atoms with E-state index in [1.807, 2.05) is 0 Å². The molecular weight excluding hydrogens is 279 g/mol. The molecule has 77 valence electrons. The van der Waals surface area contributed by atoms with Crippen LogP contribution in [0.15, 0.2) is 46.5 Å². The summed E-state index contributed by atoms with van der Waals surface area (Å²) in [5.74, 6) is 0. The van der Waals surface area contributed by atoms with Gasteiger partial charge in [-0.05, 0) is 0 Å². The van der Waals surface area contributed by atoms with Crippen molar-refractivity contribution in [1.29, 1.82) is 0 Å². The summed E-state index contributed by atoms with van der Waals surface area (Å²) in [6.07, 6.45) is 1.41. The predicted octanol–water partition coefficient (Wildman–Crippen LogP) is 0.0363.